The number of nitrogens with two attached hydrogens (primary N) is 1. The summed E-state index contributed by atoms with van der Waals surface area (Å²) < 4.78 is 38.5. The topological polar surface area (TPSA) is 49.6 Å². The zero-order valence-corrected chi connectivity index (χ0v) is 15.1. The summed E-state index contributed by atoms with van der Waals surface area (Å²) in [6.45, 7) is 2.59. The molecule has 0 saturated carbocycles. The maximum atomic E-state index is 12.8. The summed E-state index contributed by atoms with van der Waals surface area (Å²) in [4.78, 5) is 15.2. The molecule has 0 bridgehead atoms. The summed E-state index contributed by atoms with van der Waals surface area (Å²) in [6, 6.07) is 8.73. The van der Waals surface area contributed by atoms with E-state index in [9.17, 15) is 18.0 Å². The molecule has 1 unspecified atom stereocenters. The molecule has 1 aliphatic heterocycles. The van der Waals surface area contributed by atoms with Crippen LogP contribution < -0.4 is 5.73 Å². The fourth-order valence-corrected chi connectivity index (χ4v) is 2.97. The molecule has 0 aliphatic carbocycles. The molecule has 1 aromatic rings. The van der Waals surface area contributed by atoms with Crippen molar-refractivity contribution in [1.82, 2.24) is 9.80 Å². The summed E-state index contributed by atoms with van der Waals surface area (Å²) in [5.41, 5.74) is 6.36. The Morgan fingerprint density at radius 1 is 1.32 bits per heavy atom. The van der Waals surface area contributed by atoms with Crippen molar-refractivity contribution < 1.29 is 18.0 Å². The molecule has 0 aromatic heterocycles. The largest absolute Gasteiger partial charge is 0.406 e. The average molecular weight is 380 g/mol. The van der Waals surface area contributed by atoms with Gasteiger partial charge in [0, 0.05) is 13.1 Å². The number of amides is 1. The predicted molar refractivity (Wildman–Crippen MR) is 93.4 cm³/mol. The van der Waals surface area contributed by atoms with Crippen molar-refractivity contribution in [2.75, 3.05) is 32.7 Å². The van der Waals surface area contributed by atoms with Crippen LogP contribution in [-0.4, -0.2) is 54.6 Å². The van der Waals surface area contributed by atoms with Crippen LogP contribution in [0.25, 0.3) is 0 Å². The van der Waals surface area contributed by atoms with Crippen molar-refractivity contribution in [2.24, 2.45) is 11.1 Å². The molecule has 1 aliphatic rings. The monoisotopic (exact) mass is 379 g/mol. The number of nitrogens with zero attached hydrogens (tertiary/aromatic N) is 2. The molecule has 4 nitrogen and oxygen atoms in total. The van der Waals surface area contributed by atoms with Crippen LogP contribution in [-0.2, 0) is 11.3 Å². The van der Waals surface area contributed by atoms with E-state index < -0.39 is 18.6 Å². The predicted octanol–water partition coefficient (Wildman–Crippen LogP) is 2.67. The molecular formula is C17H25ClF3N3O. The van der Waals surface area contributed by atoms with Crippen LogP contribution in [0.2, 0.25) is 0 Å². The van der Waals surface area contributed by atoms with Gasteiger partial charge in [-0.15, -0.1) is 12.4 Å². The lowest BCUT2D eigenvalue weighted by Crippen LogP contribution is -2.44. The first-order valence-electron chi connectivity index (χ1n) is 8.02. The van der Waals surface area contributed by atoms with Crippen molar-refractivity contribution in [3.63, 3.8) is 0 Å². The van der Waals surface area contributed by atoms with Crippen LogP contribution in [0.5, 0.6) is 0 Å². The fraction of sp³-hybridized carbons (Fsp3) is 0.588. The molecule has 2 N–H and O–H groups in total. The molecule has 1 amide bonds. The summed E-state index contributed by atoms with van der Waals surface area (Å²) >= 11 is 0. The maximum Gasteiger partial charge on any atom is 0.406 e. The lowest BCUT2D eigenvalue weighted by atomic mass is 9.90. The molecule has 2 rings (SSSR count). The van der Waals surface area contributed by atoms with Crippen LogP contribution in [0.4, 0.5) is 13.2 Å². The number of alkyl halides is 3. The Balaban J connectivity index is 0.00000312. The Kier molecular flexibility index (Phi) is 7.71. The number of benzene rings is 1. The number of halogens is 4. The zero-order chi connectivity index (χ0) is 17.8. The summed E-state index contributed by atoms with van der Waals surface area (Å²) in [5, 5.41) is 0. The van der Waals surface area contributed by atoms with Gasteiger partial charge in [-0.2, -0.15) is 13.2 Å². The van der Waals surface area contributed by atoms with Gasteiger partial charge >= 0.3 is 6.18 Å². The highest BCUT2D eigenvalue weighted by atomic mass is 35.5. The highest BCUT2D eigenvalue weighted by molar-refractivity contribution is 5.85. The first-order valence-corrected chi connectivity index (χ1v) is 8.02. The van der Waals surface area contributed by atoms with Gasteiger partial charge in [-0.25, -0.2) is 0 Å². The van der Waals surface area contributed by atoms with Gasteiger partial charge in [0.15, 0.2) is 0 Å². The third-order valence-electron chi connectivity index (χ3n) is 4.43. The number of hydrogen-bond donors (Lipinski definition) is 1. The second-order valence-electron chi connectivity index (χ2n) is 6.83. The third-order valence-corrected chi connectivity index (χ3v) is 4.43. The Morgan fingerprint density at radius 2 is 1.96 bits per heavy atom. The lowest BCUT2D eigenvalue weighted by molar-refractivity contribution is -0.163. The van der Waals surface area contributed by atoms with Gasteiger partial charge in [0.2, 0.25) is 5.91 Å². The van der Waals surface area contributed by atoms with E-state index in [4.69, 9.17) is 5.73 Å². The molecule has 1 atom stereocenters. The normalized spacial score (nSPS) is 21.0. The highest BCUT2D eigenvalue weighted by Crippen LogP contribution is 2.28. The van der Waals surface area contributed by atoms with Gasteiger partial charge in [0.1, 0.15) is 6.54 Å². The van der Waals surface area contributed by atoms with Gasteiger partial charge in [-0.3, -0.25) is 9.69 Å². The second kappa shape index (κ2) is 8.87. The average Bonchev–Trinajstić information content (AvgIpc) is 2.88. The maximum absolute atomic E-state index is 12.8. The Morgan fingerprint density at radius 3 is 2.48 bits per heavy atom. The Labute approximate surface area is 152 Å². The smallest absolute Gasteiger partial charge is 0.330 e. The molecule has 0 radical (unpaired) electrons. The van der Waals surface area contributed by atoms with E-state index in [2.05, 4.69) is 0 Å². The van der Waals surface area contributed by atoms with Crippen molar-refractivity contribution >= 4 is 18.3 Å². The fourth-order valence-electron chi connectivity index (χ4n) is 2.97. The van der Waals surface area contributed by atoms with Gasteiger partial charge in [0.25, 0.3) is 0 Å². The van der Waals surface area contributed by atoms with E-state index in [0.29, 0.717) is 25.2 Å². The third kappa shape index (κ3) is 6.84. The number of hydrogen-bond acceptors (Lipinski definition) is 3. The number of likely N-dealkylation sites (tertiary alicyclic amines) is 1. The molecule has 1 aromatic carbocycles. The minimum atomic E-state index is -4.42. The quantitative estimate of drug-likeness (QED) is 0.826. The van der Waals surface area contributed by atoms with Crippen LogP contribution in [0, 0.1) is 5.41 Å². The molecule has 1 heterocycles. The standard InChI is InChI=1S/C17H24F3N3O.ClH/c1-16(11-21)7-8-22(12-16)10-15(24)23(13-17(18,19)20)9-14-5-3-2-4-6-14;/h2-6H,7-13,21H2,1H3;1H. The molecule has 142 valence electrons. The first kappa shape index (κ1) is 21.7. The lowest BCUT2D eigenvalue weighted by Gasteiger charge is -2.27. The van der Waals surface area contributed by atoms with Gasteiger partial charge < -0.3 is 10.6 Å². The molecule has 1 saturated heterocycles. The van der Waals surface area contributed by atoms with Gasteiger partial charge in [-0.05, 0) is 30.5 Å². The van der Waals surface area contributed by atoms with Gasteiger partial charge in [0.05, 0.1) is 6.54 Å². The molecule has 1 fully saturated rings. The van der Waals surface area contributed by atoms with E-state index in [1.165, 1.54) is 0 Å². The molecular weight excluding hydrogens is 355 g/mol. The second-order valence-corrected chi connectivity index (χ2v) is 6.83. The summed E-state index contributed by atoms with van der Waals surface area (Å²) in [5.74, 6) is -0.502. The highest BCUT2D eigenvalue weighted by Gasteiger charge is 2.36. The number of carbonyl (C=O) groups excluding carboxylic acids is 1. The van der Waals surface area contributed by atoms with E-state index in [0.717, 1.165) is 11.3 Å². The van der Waals surface area contributed by atoms with Crippen molar-refractivity contribution in [3.05, 3.63) is 35.9 Å². The van der Waals surface area contributed by atoms with Crippen molar-refractivity contribution in [1.29, 1.82) is 0 Å². The Hall–Kier alpha value is -1.31. The first-order chi connectivity index (χ1) is 11.2. The molecule has 8 heteroatoms. The number of rotatable bonds is 6. The number of carbonyl (C=O) groups is 1. The van der Waals surface area contributed by atoms with Crippen LogP contribution in [0.1, 0.15) is 18.9 Å². The zero-order valence-electron chi connectivity index (χ0n) is 14.3. The minimum Gasteiger partial charge on any atom is -0.330 e. The van der Waals surface area contributed by atoms with E-state index in [-0.39, 0.29) is 30.9 Å². The SMILES string of the molecule is CC1(CN)CCN(CC(=O)N(Cc2ccccc2)CC(F)(F)F)C1.Cl. The van der Waals surface area contributed by atoms with Crippen molar-refractivity contribution in [3.8, 4) is 0 Å². The van der Waals surface area contributed by atoms with Crippen molar-refractivity contribution in [2.45, 2.75) is 26.1 Å². The van der Waals surface area contributed by atoms with Gasteiger partial charge in [-0.1, -0.05) is 37.3 Å². The molecule has 0 spiro atoms. The summed E-state index contributed by atoms with van der Waals surface area (Å²) in [6.07, 6.45) is -3.56. The van der Waals surface area contributed by atoms with Crippen LogP contribution >= 0.6 is 12.4 Å². The van der Waals surface area contributed by atoms with E-state index in [1.54, 1.807) is 30.3 Å². The Bertz CT molecular complexity index is 556. The van der Waals surface area contributed by atoms with E-state index in [1.807, 2.05) is 11.8 Å². The van der Waals surface area contributed by atoms with E-state index >= 15 is 0 Å². The summed E-state index contributed by atoms with van der Waals surface area (Å²) in [7, 11) is 0. The molecule has 25 heavy (non-hydrogen) atoms. The van der Waals surface area contributed by atoms with Crippen LogP contribution in [0.3, 0.4) is 0 Å². The van der Waals surface area contributed by atoms with Crippen LogP contribution in [0.15, 0.2) is 30.3 Å². The minimum absolute atomic E-state index is 0.